The van der Waals surface area contributed by atoms with Gasteiger partial charge in [-0.1, -0.05) is 32.9 Å². The van der Waals surface area contributed by atoms with Crippen LogP contribution in [0.1, 0.15) is 36.2 Å². The van der Waals surface area contributed by atoms with Crippen LogP contribution in [-0.2, 0) is 12.8 Å². The summed E-state index contributed by atoms with van der Waals surface area (Å²) in [5.74, 6) is 1.61. The van der Waals surface area contributed by atoms with Crippen LogP contribution in [0.15, 0.2) is 18.2 Å². The van der Waals surface area contributed by atoms with E-state index >= 15 is 0 Å². The van der Waals surface area contributed by atoms with Gasteiger partial charge in [-0.15, -0.1) is 11.3 Å². The van der Waals surface area contributed by atoms with Gasteiger partial charge in [-0.3, -0.25) is 0 Å². The highest BCUT2D eigenvalue weighted by molar-refractivity contribution is 7.12. The average molecular weight is 289 g/mol. The fourth-order valence-corrected chi connectivity index (χ4v) is 3.56. The molecule has 1 aromatic heterocycles. The summed E-state index contributed by atoms with van der Waals surface area (Å²) in [5.41, 5.74) is 3.54. The van der Waals surface area contributed by atoms with E-state index in [-0.39, 0.29) is 0 Å². The second-order valence-corrected chi connectivity index (χ2v) is 6.77. The van der Waals surface area contributed by atoms with E-state index in [1.807, 2.05) is 11.3 Å². The predicted octanol–water partition coefficient (Wildman–Crippen LogP) is 4.89. The summed E-state index contributed by atoms with van der Waals surface area (Å²) < 4.78 is 5.50. The highest BCUT2D eigenvalue weighted by Gasteiger charge is 2.14. The molecule has 2 aromatic rings. The van der Waals surface area contributed by atoms with Crippen molar-refractivity contribution in [3.63, 3.8) is 0 Å². The van der Waals surface area contributed by atoms with E-state index in [2.05, 4.69) is 45.9 Å². The van der Waals surface area contributed by atoms with Crippen molar-refractivity contribution in [2.75, 3.05) is 7.11 Å². The molecule has 0 atom stereocenters. The van der Waals surface area contributed by atoms with Crippen LogP contribution in [0.3, 0.4) is 0 Å². The standard InChI is InChI=1S/C17H23NOS/c1-6-13-7-8-14(10-15(13)19-5)17-16(9-11(2)3)20-12(4)18-17/h7-8,10-11H,6,9H2,1-5H3. The number of aromatic nitrogens is 1. The minimum atomic E-state index is 0.644. The van der Waals surface area contributed by atoms with E-state index in [0.717, 1.165) is 29.3 Å². The number of nitrogens with zero attached hydrogens (tertiary/aromatic N) is 1. The lowest BCUT2D eigenvalue weighted by molar-refractivity contribution is 0.410. The maximum Gasteiger partial charge on any atom is 0.122 e. The molecule has 0 saturated carbocycles. The van der Waals surface area contributed by atoms with Gasteiger partial charge in [0.25, 0.3) is 0 Å². The van der Waals surface area contributed by atoms with Gasteiger partial charge in [-0.05, 0) is 37.3 Å². The summed E-state index contributed by atoms with van der Waals surface area (Å²) in [6, 6.07) is 6.44. The third-order valence-corrected chi connectivity index (χ3v) is 4.33. The molecule has 0 spiro atoms. The lowest BCUT2D eigenvalue weighted by Crippen LogP contribution is -1.95. The fourth-order valence-electron chi connectivity index (χ4n) is 2.39. The van der Waals surface area contributed by atoms with Crippen LogP contribution in [-0.4, -0.2) is 12.1 Å². The first-order valence-corrected chi connectivity index (χ1v) is 8.00. The van der Waals surface area contributed by atoms with E-state index in [0.29, 0.717) is 5.92 Å². The second-order valence-electron chi connectivity index (χ2n) is 5.48. The Morgan fingerprint density at radius 3 is 2.65 bits per heavy atom. The van der Waals surface area contributed by atoms with E-state index in [4.69, 9.17) is 9.72 Å². The molecule has 20 heavy (non-hydrogen) atoms. The average Bonchev–Trinajstić information content (AvgIpc) is 2.77. The van der Waals surface area contributed by atoms with E-state index in [1.165, 1.54) is 16.0 Å². The number of ether oxygens (including phenoxy) is 1. The Morgan fingerprint density at radius 1 is 1.30 bits per heavy atom. The summed E-state index contributed by atoms with van der Waals surface area (Å²) in [4.78, 5) is 6.11. The monoisotopic (exact) mass is 289 g/mol. The van der Waals surface area contributed by atoms with Crippen molar-refractivity contribution in [1.82, 2.24) is 4.98 Å². The summed E-state index contributed by atoms with van der Waals surface area (Å²) >= 11 is 1.81. The molecule has 0 radical (unpaired) electrons. The first-order valence-electron chi connectivity index (χ1n) is 7.18. The van der Waals surface area contributed by atoms with Gasteiger partial charge in [0.05, 0.1) is 17.8 Å². The van der Waals surface area contributed by atoms with Crippen LogP contribution >= 0.6 is 11.3 Å². The number of benzene rings is 1. The van der Waals surface area contributed by atoms with Crippen LogP contribution in [0.25, 0.3) is 11.3 Å². The molecule has 0 aliphatic carbocycles. The van der Waals surface area contributed by atoms with Gasteiger partial charge < -0.3 is 4.74 Å². The van der Waals surface area contributed by atoms with E-state index in [1.54, 1.807) is 7.11 Å². The Morgan fingerprint density at radius 2 is 2.05 bits per heavy atom. The molecular formula is C17H23NOS. The Hall–Kier alpha value is -1.35. The van der Waals surface area contributed by atoms with Crippen LogP contribution in [0.4, 0.5) is 0 Å². The molecule has 108 valence electrons. The van der Waals surface area contributed by atoms with Crippen LogP contribution in [0.5, 0.6) is 5.75 Å². The quantitative estimate of drug-likeness (QED) is 0.782. The highest BCUT2D eigenvalue weighted by atomic mass is 32.1. The van der Waals surface area contributed by atoms with Crippen LogP contribution in [0.2, 0.25) is 0 Å². The summed E-state index contributed by atoms with van der Waals surface area (Å²) in [5, 5.41) is 1.13. The van der Waals surface area contributed by atoms with Crippen LogP contribution < -0.4 is 4.74 Å². The van der Waals surface area contributed by atoms with Crippen molar-refractivity contribution < 1.29 is 4.74 Å². The highest BCUT2D eigenvalue weighted by Crippen LogP contribution is 2.33. The Bertz CT molecular complexity index is 587. The largest absolute Gasteiger partial charge is 0.496 e. The van der Waals surface area contributed by atoms with Gasteiger partial charge in [0.2, 0.25) is 0 Å². The van der Waals surface area contributed by atoms with Crippen molar-refractivity contribution in [2.45, 2.75) is 40.5 Å². The zero-order chi connectivity index (χ0) is 14.7. The van der Waals surface area contributed by atoms with Gasteiger partial charge in [0, 0.05) is 10.4 Å². The third-order valence-electron chi connectivity index (χ3n) is 3.34. The fraction of sp³-hybridized carbons (Fsp3) is 0.471. The maximum atomic E-state index is 5.50. The minimum Gasteiger partial charge on any atom is -0.496 e. The molecule has 1 aromatic carbocycles. The molecule has 3 heteroatoms. The summed E-state index contributed by atoms with van der Waals surface area (Å²) in [6.07, 6.45) is 2.07. The molecule has 0 bridgehead atoms. The molecule has 0 fully saturated rings. The molecule has 0 saturated heterocycles. The van der Waals surface area contributed by atoms with Gasteiger partial charge >= 0.3 is 0 Å². The normalized spacial score (nSPS) is 11.1. The second kappa shape index (κ2) is 6.40. The van der Waals surface area contributed by atoms with Crippen molar-refractivity contribution >= 4 is 11.3 Å². The molecule has 2 nitrogen and oxygen atoms in total. The van der Waals surface area contributed by atoms with E-state index < -0.39 is 0 Å². The molecular weight excluding hydrogens is 266 g/mol. The topological polar surface area (TPSA) is 22.1 Å². The van der Waals surface area contributed by atoms with Gasteiger partial charge in [-0.2, -0.15) is 0 Å². The van der Waals surface area contributed by atoms with Gasteiger partial charge in [0.1, 0.15) is 5.75 Å². The molecule has 0 aliphatic heterocycles. The Kier molecular flexibility index (Phi) is 4.81. The van der Waals surface area contributed by atoms with Gasteiger partial charge in [-0.25, -0.2) is 4.98 Å². The molecule has 0 amide bonds. The van der Waals surface area contributed by atoms with E-state index in [9.17, 15) is 0 Å². The zero-order valence-electron chi connectivity index (χ0n) is 13.0. The summed E-state index contributed by atoms with van der Waals surface area (Å²) in [7, 11) is 1.74. The molecule has 0 N–H and O–H groups in total. The smallest absolute Gasteiger partial charge is 0.122 e. The first kappa shape index (κ1) is 15.0. The van der Waals surface area contributed by atoms with Crippen molar-refractivity contribution in [2.24, 2.45) is 5.92 Å². The van der Waals surface area contributed by atoms with Crippen molar-refractivity contribution in [3.8, 4) is 17.0 Å². The van der Waals surface area contributed by atoms with Crippen molar-refractivity contribution in [1.29, 1.82) is 0 Å². The third kappa shape index (κ3) is 3.21. The molecule has 1 heterocycles. The summed E-state index contributed by atoms with van der Waals surface area (Å²) in [6.45, 7) is 8.73. The number of hydrogen-bond acceptors (Lipinski definition) is 3. The molecule has 0 unspecified atom stereocenters. The zero-order valence-corrected chi connectivity index (χ0v) is 13.8. The lowest BCUT2D eigenvalue weighted by atomic mass is 10.0. The van der Waals surface area contributed by atoms with Crippen LogP contribution in [0, 0.1) is 12.8 Å². The van der Waals surface area contributed by atoms with Crippen molar-refractivity contribution in [3.05, 3.63) is 33.6 Å². The Labute approximate surface area is 125 Å². The first-order chi connectivity index (χ1) is 9.55. The Balaban J connectivity index is 2.45. The maximum absolute atomic E-state index is 5.50. The number of methoxy groups -OCH3 is 1. The molecule has 2 rings (SSSR count). The van der Waals surface area contributed by atoms with Gasteiger partial charge in [0.15, 0.2) is 0 Å². The SMILES string of the molecule is CCc1ccc(-c2nc(C)sc2CC(C)C)cc1OC. The minimum absolute atomic E-state index is 0.644. The number of thiazole rings is 1. The lowest BCUT2D eigenvalue weighted by Gasteiger charge is -2.10. The number of rotatable bonds is 5. The molecule has 0 aliphatic rings. The number of hydrogen-bond donors (Lipinski definition) is 0. The number of aryl methyl sites for hydroxylation is 2. The predicted molar refractivity (Wildman–Crippen MR) is 86.8 cm³/mol.